The molecule has 0 bridgehead atoms. The van der Waals surface area contributed by atoms with Crippen LogP contribution in [0, 0.1) is 5.41 Å². The molecule has 0 radical (unpaired) electrons. The second-order valence-electron chi connectivity index (χ2n) is 4.89. The summed E-state index contributed by atoms with van der Waals surface area (Å²) in [4.78, 5) is 27.2. The van der Waals surface area contributed by atoms with E-state index in [2.05, 4.69) is 10.3 Å². The van der Waals surface area contributed by atoms with Crippen molar-refractivity contribution < 1.29 is 14.7 Å². The highest BCUT2D eigenvalue weighted by atomic mass is 16.4. The first kappa shape index (κ1) is 16.1. The minimum absolute atomic E-state index is 0.136. The molecule has 5 heteroatoms. The van der Waals surface area contributed by atoms with Crippen molar-refractivity contribution in [3.63, 3.8) is 0 Å². The Morgan fingerprint density at radius 3 is 2.50 bits per heavy atom. The van der Waals surface area contributed by atoms with Crippen LogP contribution >= 0.6 is 0 Å². The zero-order valence-electron chi connectivity index (χ0n) is 12.1. The highest BCUT2D eigenvalue weighted by Crippen LogP contribution is 2.25. The molecule has 110 valence electrons. The number of carboxylic acids is 1. The van der Waals surface area contributed by atoms with Gasteiger partial charge >= 0.3 is 5.97 Å². The van der Waals surface area contributed by atoms with Gasteiger partial charge in [0.2, 0.25) is 5.91 Å². The quantitative estimate of drug-likeness (QED) is 0.762. The van der Waals surface area contributed by atoms with Gasteiger partial charge in [0.1, 0.15) is 0 Å². The molecule has 1 aromatic heterocycles. The van der Waals surface area contributed by atoms with Crippen molar-refractivity contribution in [3.8, 4) is 0 Å². The number of nitrogens with zero attached hydrogens (tertiary/aromatic N) is 1. The number of pyridine rings is 1. The number of hydrogen-bond donors (Lipinski definition) is 2. The highest BCUT2D eigenvalue weighted by Gasteiger charge is 2.34. The fourth-order valence-electron chi connectivity index (χ4n) is 2.02. The number of aliphatic carboxylic acids is 1. The third-order valence-electron chi connectivity index (χ3n) is 3.77. The number of carbonyl (C=O) groups excluding carboxylic acids is 1. The Kier molecular flexibility index (Phi) is 6.15. The fraction of sp³-hybridized carbons (Fsp3) is 0.533. The lowest BCUT2D eigenvalue weighted by Crippen LogP contribution is -2.42. The number of aryl methyl sites for hydroxylation is 1. The second-order valence-corrected chi connectivity index (χ2v) is 4.89. The van der Waals surface area contributed by atoms with Crippen LogP contribution in [0.25, 0.3) is 0 Å². The Morgan fingerprint density at radius 2 is 2.00 bits per heavy atom. The highest BCUT2D eigenvalue weighted by molar-refractivity contribution is 5.79. The molecular weight excluding hydrogens is 256 g/mol. The molecule has 1 rings (SSSR count). The third kappa shape index (κ3) is 4.33. The van der Waals surface area contributed by atoms with Gasteiger partial charge in [-0.1, -0.05) is 19.9 Å². The van der Waals surface area contributed by atoms with Gasteiger partial charge in [-0.2, -0.15) is 0 Å². The van der Waals surface area contributed by atoms with E-state index in [0.29, 0.717) is 25.7 Å². The van der Waals surface area contributed by atoms with E-state index >= 15 is 0 Å². The minimum Gasteiger partial charge on any atom is -0.481 e. The Bertz CT molecular complexity index is 442. The van der Waals surface area contributed by atoms with E-state index in [1.807, 2.05) is 32.0 Å². The molecule has 1 amide bonds. The number of carboxylic acid groups (broad SMARTS) is 1. The number of carbonyl (C=O) groups is 2. The van der Waals surface area contributed by atoms with Crippen molar-refractivity contribution >= 4 is 11.9 Å². The topological polar surface area (TPSA) is 79.3 Å². The molecule has 0 fully saturated rings. The van der Waals surface area contributed by atoms with E-state index in [-0.39, 0.29) is 12.5 Å². The Labute approximate surface area is 119 Å². The number of rotatable bonds is 8. The van der Waals surface area contributed by atoms with E-state index in [0.717, 1.165) is 5.69 Å². The first-order valence-corrected chi connectivity index (χ1v) is 6.94. The van der Waals surface area contributed by atoms with Crippen molar-refractivity contribution in [3.05, 3.63) is 30.1 Å². The summed E-state index contributed by atoms with van der Waals surface area (Å²) in [7, 11) is 0. The van der Waals surface area contributed by atoms with Crippen molar-refractivity contribution in [1.82, 2.24) is 10.3 Å². The van der Waals surface area contributed by atoms with Crippen molar-refractivity contribution in [2.45, 2.75) is 39.5 Å². The van der Waals surface area contributed by atoms with E-state index in [9.17, 15) is 14.7 Å². The van der Waals surface area contributed by atoms with Gasteiger partial charge in [-0.05, 0) is 31.4 Å². The van der Waals surface area contributed by atoms with Gasteiger partial charge in [-0.25, -0.2) is 0 Å². The normalized spacial score (nSPS) is 11.1. The van der Waals surface area contributed by atoms with Crippen LogP contribution in [0.15, 0.2) is 24.4 Å². The van der Waals surface area contributed by atoms with Crippen molar-refractivity contribution in [1.29, 1.82) is 0 Å². The summed E-state index contributed by atoms with van der Waals surface area (Å²) >= 11 is 0. The zero-order valence-corrected chi connectivity index (χ0v) is 12.1. The molecule has 0 atom stereocenters. The van der Waals surface area contributed by atoms with Crippen LogP contribution in [0.3, 0.4) is 0 Å². The molecule has 0 aliphatic rings. The van der Waals surface area contributed by atoms with E-state index in [1.54, 1.807) is 6.20 Å². The maximum absolute atomic E-state index is 11.8. The number of amides is 1. The molecule has 20 heavy (non-hydrogen) atoms. The number of nitrogens with one attached hydrogen (secondary N) is 1. The largest absolute Gasteiger partial charge is 0.481 e. The molecule has 0 saturated carbocycles. The molecular formula is C15H22N2O3. The van der Waals surface area contributed by atoms with Gasteiger partial charge in [0.15, 0.2) is 0 Å². The van der Waals surface area contributed by atoms with Gasteiger partial charge in [0.05, 0.1) is 5.41 Å². The lowest BCUT2D eigenvalue weighted by molar-refractivity contribution is -0.149. The lowest BCUT2D eigenvalue weighted by Gasteiger charge is -2.26. The summed E-state index contributed by atoms with van der Waals surface area (Å²) < 4.78 is 0. The molecule has 0 aliphatic carbocycles. The average molecular weight is 278 g/mol. The van der Waals surface area contributed by atoms with Crippen LogP contribution in [0.2, 0.25) is 0 Å². The predicted molar refractivity (Wildman–Crippen MR) is 76.2 cm³/mol. The van der Waals surface area contributed by atoms with Crippen molar-refractivity contribution in [2.75, 3.05) is 6.54 Å². The van der Waals surface area contributed by atoms with Crippen LogP contribution < -0.4 is 5.32 Å². The van der Waals surface area contributed by atoms with Crippen LogP contribution in [0.1, 0.15) is 38.8 Å². The molecule has 1 heterocycles. The maximum Gasteiger partial charge on any atom is 0.311 e. The molecule has 0 spiro atoms. The van der Waals surface area contributed by atoms with E-state index < -0.39 is 11.4 Å². The first-order chi connectivity index (χ1) is 9.54. The van der Waals surface area contributed by atoms with Crippen LogP contribution in [-0.2, 0) is 16.0 Å². The molecule has 2 N–H and O–H groups in total. The van der Waals surface area contributed by atoms with Gasteiger partial charge in [0.25, 0.3) is 0 Å². The predicted octanol–water partition coefficient (Wildman–Crippen LogP) is 2.02. The second kappa shape index (κ2) is 7.62. The van der Waals surface area contributed by atoms with E-state index in [4.69, 9.17) is 0 Å². The Morgan fingerprint density at radius 1 is 1.30 bits per heavy atom. The Balaban J connectivity index is 2.44. The van der Waals surface area contributed by atoms with Gasteiger partial charge in [-0.15, -0.1) is 0 Å². The van der Waals surface area contributed by atoms with Gasteiger partial charge in [-0.3, -0.25) is 14.6 Å². The summed E-state index contributed by atoms with van der Waals surface area (Å²) in [6, 6.07) is 5.57. The molecule has 5 nitrogen and oxygen atoms in total. The summed E-state index contributed by atoms with van der Waals surface area (Å²) in [6.07, 6.45) is 3.57. The van der Waals surface area contributed by atoms with Crippen LogP contribution in [0.5, 0.6) is 0 Å². The molecule has 0 saturated heterocycles. The first-order valence-electron chi connectivity index (χ1n) is 6.94. The standard InChI is InChI=1S/C15H22N2O3/c1-3-15(4-2,14(19)20)11-17-13(18)9-8-12-7-5-6-10-16-12/h5-7,10H,3-4,8-9,11H2,1-2H3,(H,17,18)(H,19,20). The molecule has 0 unspecified atom stereocenters. The molecule has 0 aromatic carbocycles. The minimum atomic E-state index is -0.860. The fourth-order valence-corrected chi connectivity index (χ4v) is 2.02. The summed E-state index contributed by atoms with van der Waals surface area (Å²) in [5.74, 6) is -0.990. The van der Waals surface area contributed by atoms with Gasteiger partial charge in [0, 0.05) is 24.9 Å². The Hall–Kier alpha value is -1.91. The zero-order chi connectivity index (χ0) is 15.0. The average Bonchev–Trinajstić information content (AvgIpc) is 2.47. The van der Waals surface area contributed by atoms with Crippen LogP contribution in [-0.4, -0.2) is 28.5 Å². The maximum atomic E-state index is 11.8. The lowest BCUT2D eigenvalue weighted by atomic mass is 9.82. The monoisotopic (exact) mass is 278 g/mol. The van der Waals surface area contributed by atoms with Crippen LogP contribution in [0.4, 0.5) is 0 Å². The number of aromatic nitrogens is 1. The van der Waals surface area contributed by atoms with Gasteiger partial charge < -0.3 is 10.4 Å². The SMILES string of the molecule is CCC(CC)(CNC(=O)CCc1ccccn1)C(=O)O. The third-order valence-corrected chi connectivity index (χ3v) is 3.77. The van der Waals surface area contributed by atoms with E-state index in [1.165, 1.54) is 0 Å². The van der Waals surface area contributed by atoms with Crippen molar-refractivity contribution in [2.24, 2.45) is 5.41 Å². The summed E-state index contributed by atoms with van der Waals surface area (Å²) in [5.41, 5.74) is -0.00108. The number of hydrogen-bond acceptors (Lipinski definition) is 3. The summed E-state index contributed by atoms with van der Waals surface area (Å²) in [6.45, 7) is 3.84. The smallest absolute Gasteiger partial charge is 0.311 e. The molecule has 0 aliphatic heterocycles. The molecule has 1 aromatic rings. The summed E-state index contributed by atoms with van der Waals surface area (Å²) in [5, 5.41) is 12.0.